The molecule has 1 rings (SSSR count). The molecule has 0 amide bonds. The van der Waals surface area contributed by atoms with Crippen LogP contribution >= 0.6 is 0 Å². The molecule has 0 spiro atoms. The summed E-state index contributed by atoms with van der Waals surface area (Å²) in [6.45, 7) is 6.09. The molecule has 0 aliphatic carbocycles. The van der Waals surface area contributed by atoms with Gasteiger partial charge in [-0.05, 0) is 37.5 Å². The number of anilines is 1. The van der Waals surface area contributed by atoms with Gasteiger partial charge in [0.1, 0.15) is 0 Å². The lowest BCUT2D eigenvalue weighted by Crippen LogP contribution is -2.10. The first-order chi connectivity index (χ1) is 7.49. The molecule has 1 atom stereocenters. The fourth-order valence-electron chi connectivity index (χ4n) is 1.65. The van der Waals surface area contributed by atoms with E-state index in [4.69, 9.17) is 5.11 Å². The van der Waals surface area contributed by atoms with Crippen molar-refractivity contribution in [3.05, 3.63) is 29.8 Å². The van der Waals surface area contributed by atoms with Gasteiger partial charge in [0.2, 0.25) is 0 Å². The van der Waals surface area contributed by atoms with Crippen molar-refractivity contribution in [3.8, 4) is 0 Å². The van der Waals surface area contributed by atoms with Crippen LogP contribution < -0.4 is 5.32 Å². The predicted octanol–water partition coefficient (Wildman–Crippen LogP) is 3.09. The maximum atomic E-state index is 10.6. The Bertz CT molecular complexity index is 361. The number of hydrogen-bond acceptors (Lipinski definition) is 2. The van der Waals surface area contributed by atoms with Crippen molar-refractivity contribution in [2.24, 2.45) is 0 Å². The lowest BCUT2D eigenvalue weighted by molar-refractivity contribution is -0.137. The van der Waals surface area contributed by atoms with Crippen LogP contribution in [0.5, 0.6) is 0 Å². The number of carboxylic acids is 1. The molecule has 0 fully saturated rings. The average Bonchev–Trinajstić information content (AvgIpc) is 2.16. The summed E-state index contributed by atoms with van der Waals surface area (Å²) < 4.78 is 0. The van der Waals surface area contributed by atoms with Gasteiger partial charge in [0, 0.05) is 11.7 Å². The van der Waals surface area contributed by atoms with E-state index in [9.17, 15) is 4.79 Å². The number of aliphatic carboxylic acids is 1. The van der Waals surface area contributed by atoms with Gasteiger partial charge in [0.15, 0.2) is 0 Å². The number of carboxylic acid groups (broad SMARTS) is 1. The zero-order chi connectivity index (χ0) is 12.1. The van der Waals surface area contributed by atoms with E-state index in [1.54, 1.807) is 0 Å². The van der Waals surface area contributed by atoms with E-state index in [0.717, 1.165) is 11.3 Å². The summed E-state index contributed by atoms with van der Waals surface area (Å²) in [5.41, 5.74) is 2.11. The minimum atomic E-state index is -0.755. The van der Waals surface area contributed by atoms with Crippen molar-refractivity contribution in [1.29, 1.82) is 0 Å². The molecule has 1 aromatic carbocycles. The van der Waals surface area contributed by atoms with Gasteiger partial charge >= 0.3 is 5.97 Å². The Morgan fingerprint density at radius 3 is 2.62 bits per heavy atom. The molecule has 3 heteroatoms. The largest absolute Gasteiger partial charge is 0.481 e. The number of carbonyl (C=O) groups is 1. The topological polar surface area (TPSA) is 49.3 Å². The average molecular weight is 221 g/mol. The Kier molecular flexibility index (Phi) is 4.35. The summed E-state index contributed by atoms with van der Waals surface area (Å²) in [6.07, 6.45) is 0.172. The summed E-state index contributed by atoms with van der Waals surface area (Å²) in [5.74, 6) is -0.707. The maximum Gasteiger partial charge on any atom is 0.303 e. The second-order valence-corrected chi connectivity index (χ2v) is 4.42. The molecule has 2 N–H and O–H groups in total. The van der Waals surface area contributed by atoms with Crippen LogP contribution in [0.2, 0.25) is 0 Å². The number of nitrogens with one attached hydrogen (secondary N) is 1. The minimum Gasteiger partial charge on any atom is -0.481 e. The fourth-order valence-corrected chi connectivity index (χ4v) is 1.65. The smallest absolute Gasteiger partial charge is 0.303 e. The monoisotopic (exact) mass is 221 g/mol. The van der Waals surface area contributed by atoms with Crippen LogP contribution in [-0.4, -0.2) is 17.1 Å². The van der Waals surface area contributed by atoms with E-state index < -0.39 is 5.97 Å². The highest BCUT2D eigenvalue weighted by atomic mass is 16.4. The van der Waals surface area contributed by atoms with E-state index >= 15 is 0 Å². The van der Waals surface area contributed by atoms with Crippen molar-refractivity contribution in [3.63, 3.8) is 0 Å². The molecule has 3 nitrogen and oxygen atoms in total. The Labute approximate surface area is 96.5 Å². The highest BCUT2D eigenvalue weighted by molar-refractivity contribution is 5.68. The number of benzene rings is 1. The molecule has 0 aliphatic heterocycles. The van der Waals surface area contributed by atoms with Crippen LogP contribution in [0.3, 0.4) is 0 Å². The second-order valence-electron chi connectivity index (χ2n) is 4.42. The van der Waals surface area contributed by atoms with Gasteiger partial charge in [-0.2, -0.15) is 0 Å². The van der Waals surface area contributed by atoms with Gasteiger partial charge in [-0.1, -0.05) is 19.1 Å². The minimum absolute atomic E-state index is 0.0476. The summed E-state index contributed by atoms with van der Waals surface area (Å²) in [4.78, 5) is 10.6. The molecule has 0 aliphatic rings. The summed E-state index contributed by atoms with van der Waals surface area (Å²) in [7, 11) is 0. The lowest BCUT2D eigenvalue weighted by atomic mass is 9.97. The Morgan fingerprint density at radius 2 is 2.06 bits per heavy atom. The van der Waals surface area contributed by atoms with Crippen LogP contribution in [0.15, 0.2) is 24.3 Å². The molecule has 1 unspecified atom stereocenters. The highest BCUT2D eigenvalue weighted by Crippen LogP contribution is 2.22. The van der Waals surface area contributed by atoms with Crippen LogP contribution in [0, 0.1) is 0 Å². The summed E-state index contributed by atoms with van der Waals surface area (Å²) in [6, 6.07) is 8.33. The van der Waals surface area contributed by atoms with Gasteiger partial charge in [-0.25, -0.2) is 0 Å². The molecule has 0 bridgehead atoms. The molecule has 16 heavy (non-hydrogen) atoms. The van der Waals surface area contributed by atoms with Crippen molar-refractivity contribution in [1.82, 2.24) is 0 Å². The maximum absolute atomic E-state index is 10.6. The van der Waals surface area contributed by atoms with E-state index in [1.165, 1.54) is 0 Å². The quantitative estimate of drug-likeness (QED) is 0.803. The second kappa shape index (κ2) is 5.54. The van der Waals surface area contributed by atoms with Crippen molar-refractivity contribution in [2.75, 3.05) is 5.32 Å². The summed E-state index contributed by atoms with van der Waals surface area (Å²) in [5, 5.41) is 12.1. The molecule has 0 saturated heterocycles. The number of hydrogen-bond donors (Lipinski definition) is 2. The number of rotatable bonds is 5. The van der Waals surface area contributed by atoms with Crippen LogP contribution in [0.4, 0.5) is 5.69 Å². The third kappa shape index (κ3) is 3.93. The highest BCUT2D eigenvalue weighted by Gasteiger charge is 2.10. The Balaban J connectivity index is 2.77. The molecule has 0 saturated carbocycles. The molecule has 0 heterocycles. The molecule has 0 aromatic heterocycles. The van der Waals surface area contributed by atoms with E-state index in [1.807, 2.05) is 31.2 Å². The Hall–Kier alpha value is -1.51. The molecular weight excluding hydrogens is 202 g/mol. The van der Waals surface area contributed by atoms with Crippen LogP contribution in [0.25, 0.3) is 0 Å². The van der Waals surface area contributed by atoms with Gasteiger partial charge in [-0.15, -0.1) is 0 Å². The third-order valence-electron chi connectivity index (χ3n) is 2.39. The standard InChI is InChI=1S/C13H19NO2/c1-9(2)14-12-6-4-5-11(8-12)10(3)7-13(15)16/h4-6,8-10,14H,7H2,1-3H3,(H,15,16). The van der Waals surface area contributed by atoms with Gasteiger partial charge in [0.05, 0.1) is 6.42 Å². The van der Waals surface area contributed by atoms with Crippen molar-refractivity contribution >= 4 is 11.7 Å². The van der Waals surface area contributed by atoms with Gasteiger partial charge in [0.25, 0.3) is 0 Å². The first-order valence-electron chi connectivity index (χ1n) is 5.57. The van der Waals surface area contributed by atoms with Gasteiger partial charge in [-0.3, -0.25) is 4.79 Å². The summed E-state index contributed by atoms with van der Waals surface area (Å²) >= 11 is 0. The first-order valence-corrected chi connectivity index (χ1v) is 5.57. The molecular formula is C13H19NO2. The van der Waals surface area contributed by atoms with E-state index in [2.05, 4.69) is 19.2 Å². The normalized spacial score (nSPS) is 12.5. The SMILES string of the molecule is CC(C)Nc1cccc(C(C)CC(=O)O)c1. The van der Waals surface area contributed by atoms with Crippen molar-refractivity contribution in [2.45, 2.75) is 39.2 Å². The molecule has 1 aromatic rings. The first kappa shape index (κ1) is 12.6. The lowest BCUT2D eigenvalue weighted by Gasteiger charge is -2.14. The fraction of sp³-hybridized carbons (Fsp3) is 0.462. The predicted molar refractivity (Wildman–Crippen MR) is 65.9 cm³/mol. The van der Waals surface area contributed by atoms with Crippen LogP contribution in [0.1, 0.15) is 38.7 Å². The third-order valence-corrected chi connectivity index (χ3v) is 2.39. The van der Waals surface area contributed by atoms with Gasteiger partial charge < -0.3 is 10.4 Å². The molecule has 88 valence electrons. The van der Waals surface area contributed by atoms with Crippen LogP contribution in [-0.2, 0) is 4.79 Å². The zero-order valence-electron chi connectivity index (χ0n) is 10.0. The van der Waals surface area contributed by atoms with Crippen molar-refractivity contribution < 1.29 is 9.90 Å². The van der Waals surface area contributed by atoms with E-state index in [0.29, 0.717) is 6.04 Å². The Morgan fingerprint density at radius 1 is 1.38 bits per heavy atom. The molecule has 0 radical (unpaired) electrons. The zero-order valence-corrected chi connectivity index (χ0v) is 10.0. The van der Waals surface area contributed by atoms with E-state index in [-0.39, 0.29) is 12.3 Å².